The highest BCUT2D eigenvalue weighted by atomic mass is 32.1. The van der Waals surface area contributed by atoms with Gasteiger partial charge in [-0.05, 0) is 47.5 Å². The first-order valence-electron chi connectivity index (χ1n) is 12.3. The molecule has 1 aromatic heterocycles. The number of para-hydroxylation sites is 1. The van der Waals surface area contributed by atoms with Crippen LogP contribution in [-0.2, 0) is 5.67 Å². The van der Waals surface area contributed by atoms with Gasteiger partial charge in [-0.3, -0.25) is 5.43 Å². The van der Waals surface area contributed by atoms with Gasteiger partial charge >= 0.3 is 18.0 Å². The predicted octanol–water partition coefficient (Wildman–Crippen LogP) is 7.67. The Kier molecular flexibility index (Phi) is 8.66. The van der Waals surface area contributed by atoms with E-state index >= 15 is 0 Å². The van der Waals surface area contributed by atoms with Gasteiger partial charge in [0, 0.05) is 16.8 Å². The molecule has 0 fully saturated rings. The van der Waals surface area contributed by atoms with E-state index in [1.165, 1.54) is 6.33 Å². The number of alkyl halides is 7. The van der Waals surface area contributed by atoms with E-state index in [0.717, 1.165) is 33.6 Å². The number of aromatic nitrogens is 3. The molecule has 2 N–H and O–H groups in total. The van der Waals surface area contributed by atoms with Crippen molar-refractivity contribution >= 4 is 29.2 Å². The predicted molar refractivity (Wildman–Crippen MR) is 149 cm³/mol. The maximum Gasteiger partial charge on any atom is 0.435 e. The highest BCUT2D eigenvalue weighted by Gasteiger charge is 2.73. The first-order valence-corrected chi connectivity index (χ1v) is 12.8. The number of benzene rings is 3. The minimum Gasteiger partial charge on any atom is -0.331 e. The van der Waals surface area contributed by atoms with Gasteiger partial charge in [-0.25, -0.2) is 14.1 Å². The molecule has 220 valence electrons. The molecule has 0 aliphatic heterocycles. The van der Waals surface area contributed by atoms with Gasteiger partial charge < -0.3 is 5.32 Å². The van der Waals surface area contributed by atoms with Crippen molar-refractivity contribution in [3.63, 3.8) is 0 Å². The molecule has 4 aromatic rings. The van der Waals surface area contributed by atoms with Crippen molar-refractivity contribution in [1.29, 1.82) is 0 Å². The fourth-order valence-corrected chi connectivity index (χ4v) is 4.16. The number of rotatable bonds is 7. The Bertz CT molecular complexity index is 1550. The summed E-state index contributed by atoms with van der Waals surface area (Å²) < 4.78 is 93.5. The Balaban J connectivity index is 1.41. The van der Waals surface area contributed by atoms with E-state index in [0.29, 0.717) is 28.7 Å². The van der Waals surface area contributed by atoms with Crippen LogP contribution in [0.5, 0.6) is 0 Å². The van der Waals surface area contributed by atoms with Crippen LogP contribution in [0, 0.1) is 0 Å². The third-order valence-corrected chi connectivity index (χ3v) is 6.38. The van der Waals surface area contributed by atoms with E-state index in [4.69, 9.17) is 12.2 Å². The number of hydrogen-bond acceptors (Lipinski definition) is 4. The molecule has 0 unspecified atom stereocenters. The van der Waals surface area contributed by atoms with Gasteiger partial charge in [0.25, 0.3) is 0 Å². The largest absolute Gasteiger partial charge is 0.435 e. The molecule has 6 nitrogen and oxygen atoms in total. The Morgan fingerprint density at radius 2 is 1.50 bits per heavy atom. The average Bonchev–Trinajstić information content (AvgIpc) is 3.42. The molecule has 14 heteroatoms. The molecule has 0 saturated heterocycles. The maximum atomic E-state index is 14.3. The molecule has 0 spiro atoms. The van der Waals surface area contributed by atoms with Crippen molar-refractivity contribution in [1.82, 2.24) is 20.2 Å². The van der Waals surface area contributed by atoms with Crippen molar-refractivity contribution in [2.75, 3.05) is 5.32 Å². The molecule has 0 bridgehead atoms. The summed E-state index contributed by atoms with van der Waals surface area (Å²) in [4.78, 5) is 4.13. The summed E-state index contributed by atoms with van der Waals surface area (Å²) in [5.74, 6) is 0.540. The zero-order valence-electron chi connectivity index (χ0n) is 22.0. The number of nitrogens with zero attached hydrogens (tertiary/aromatic N) is 4. The van der Waals surface area contributed by atoms with Gasteiger partial charge in [-0.2, -0.15) is 31.4 Å². The van der Waals surface area contributed by atoms with Crippen LogP contribution in [0.4, 0.5) is 36.4 Å². The van der Waals surface area contributed by atoms with Crippen LogP contribution in [0.25, 0.3) is 17.1 Å². The second kappa shape index (κ2) is 11.9. The smallest absolute Gasteiger partial charge is 0.331 e. The number of hydrogen-bond donors (Lipinski definition) is 2. The first-order chi connectivity index (χ1) is 19.7. The first kappa shape index (κ1) is 30.6. The zero-order chi connectivity index (χ0) is 30.7. The second-order valence-electron chi connectivity index (χ2n) is 9.40. The summed E-state index contributed by atoms with van der Waals surface area (Å²) in [5.41, 5.74) is -0.968. The fourth-order valence-electron chi connectivity index (χ4n) is 4.00. The van der Waals surface area contributed by atoms with Gasteiger partial charge in [-0.15, -0.1) is 5.10 Å². The van der Waals surface area contributed by atoms with Crippen LogP contribution in [0.15, 0.2) is 84.2 Å². The second-order valence-corrected chi connectivity index (χ2v) is 9.81. The Morgan fingerprint density at radius 1 is 0.881 bits per heavy atom. The van der Waals surface area contributed by atoms with Crippen molar-refractivity contribution in [3.05, 3.63) is 95.8 Å². The van der Waals surface area contributed by atoms with Crippen molar-refractivity contribution < 1.29 is 30.7 Å². The lowest BCUT2D eigenvalue weighted by molar-refractivity contribution is -0.348. The van der Waals surface area contributed by atoms with Crippen LogP contribution in [0.1, 0.15) is 36.5 Å². The third-order valence-electron chi connectivity index (χ3n) is 6.18. The molecule has 0 amide bonds. The highest BCUT2D eigenvalue weighted by Crippen LogP contribution is 2.53. The number of thiocarbonyl (C=S) groups is 1. The molecule has 4 rings (SSSR count). The zero-order valence-corrected chi connectivity index (χ0v) is 22.8. The molecule has 0 radical (unpaired) electrons. The summed E-state index contributed by atoms with van der Waals surface area (Å²) >= 11 is 5.31. The summed E-state index contributed by atoms with van der Waals surface area (Å²) in [6.07, 6.45) is -9.61. The van der Waals surface area contributed by atoms with Crippen LogP contribution in [-0.4, -0.2) is 38.4 Å². The van der Waals surface area contributed by atoms with Gasteiger partial charge in [0.1, 0.15) is 6.33 Å². The van der Waals surface area contributed by atoms with Gasteiger partial charge in [0.2, 0.25) is 0 Å². The van der Waals surface area contributed by atoms with Crippen LogP contribution < -0.4 is 10.7 Å². The highest BCUT2D eigenvalue weighted by molar-refractivity contribution is 7.80. The molecule has 0 saturated carbocycles. The van der Waals surface area contributed by atoms with Crippen LogP contribution >= 0.6 is 12.2 Å². The van der Waals surface area contributed by atoms with Crippen LogP contribution in [0.2, 0.25) is 0 Å². The molecular weight excluding hydrogens is 585 g/mol. The van der Waals surface area contributed by atoms with Crippen LogP contribution in [0.3, 0.4) is 0 Å². The Morgan fingerprint density at radius 3 is 2.10 bits per heavy atom. The van der Waals surface area contributed by atoms with E-state index in [2.05, 4.69) is 39.8 Å². The topological polar surface area (TPSA) is 67.1 Å². The lowest BCUT2D eigenvalue weighted by atomic mass is 9.94. The number of hydrazone groups is 1. The van der Waals surface area contributed by atoms with E-state index in [1.807, 2.05) is 24.3 Å². The van der Waals surface area contributed by atoms with Gasteiger partial charge in [-0.1, -0.05) is 68.4 Å². The lowest BCUT2D eigenvalue weighted by Crippen LogP contribution is -2.50. The quantitative estimate of drug-likeness (QED) is 0.0976. The number of halogens is 7. The summed E-state index contributed by atoms with van der Waals surface area (Å²) in [6.45, 7) is 4.16. The molecule has 1 heterocycles. The van der Waals surface area contributed by atoms with E-state index in [1.54, 1.807) is 30.5 Å². The van der Waals surface area contributed by atoms with E-state index < -0.39 is 23.6 Å². The third kappa shape index (κ3) is 6.43. The minimum atomic E-state index is -6.19. The normalized spacial score (nSPS) is 12.6. The summed E-state index contributed by atoms with van der Waals surface area (Å²) in [5, 5.41) is 11.8. The van der Waals surface area contributed by atoms with Crippen molar-refractivity contribution in [2.45, 2.75) is 37.8 Å². The average molecular weight is 609 g/mol. The SMILES string of the molecule is CC(C)c1ccccc1NC(=S)NN=Cc1ccc(-c2ncn(-c3ccc(C(F)(C(F)(F)F)C(F)(F)F)cc3)n2)cc1. The van der Waals surface area contributed by atoms with Crippen molar-refractivity contribution in [3.8, 4) is 17.1 Å². The molecule has 0 atom stereocenters. The van der Waals surface area contributed by atoms with E-state index in [9.17, 15) is 30.7 Å². The Labute approximate surface area is 241 Å². The summed E-state index contributed by atoms with van der Waals surface area (Å²) in [6, 6.07) is 17.3. The molecule has 0 aliphatic rings. The van der Waals surface area contributed by atoms with Gasteiger partial charge in [0.05, 0.1) is 11.9 Å². The standard InChI is InChI=1S/C28H23F7N6S/c1-17(2)22-5-3-4-6-23(22)38-25(42)39-37-15-18-7-9-19(10-8-18)24-36-16-41(40-24)21-13-11-20(12-14-21)26(29,27(30,31)32)28(33,34)35/h3-17H,1-2H3,(H2,38,39,42). The minimum absolute atomic E-state index is 0.0830. The van der Waals surface area contributed by atoms with Crippen molar-refractivity contribution in [2.24, 2.45) is 5.10 Å². The lowest BCUT2D eigenvalue weighted by Gasteiger charge is -2.30. The molecule has 42 heavy (non-hydrogen) atoms. The molecule has 0 aliphatic carbocycles. The van der Waals surface area contributed by atoms with E-state index in [-0.39, 0.29) is 11.5 Å². The monoisotopic (exact) mass is 608 g/mol. The maximum absolute atomic E-state index is 14.3. The summed E-state index contributed by atoms with van der Waals surface area (Å²) in [7, 11) is 0. The fraction of sp³-hybridized carbons (Fsp3) is 0.214. The molecular formula is C28H23F7N6S. The Hall–Kier alpha value is -4.33. The number of anilines is 1. The number of nitrogens with one attached hydrogen (secondary N) is 2. The van der Waals surface area contributed by atoms with Gasteiger partial charge in [0.15, 0.2) is 10.9 Å². The molecule has 3 aromatic carbocycles.